The van der Waals surface area contributed by atoms with Crippen molar-refractivity contribution < 1.29 is 14.0 Å². The molecule has 0 bridgehead atoms. The van der Waals surface area contributed by atoms with Crippen LogP contribution < -0.4 is 16.0 Å². The average molecular weight is 355 g/mol. The second kappa shape index (κ2) is 7.99. The lowest BCUT2D eigenvalue weighted by Crippen LogP contribution is -2.57. The zero-order chi connectivity index (χ0) is 18.4. The first-order valence-electron chi connectivity index (χ1n) is 8.75. The Labute approximate surface area is 152 Å². The van der Waals surface area contributed by atoms with Gasteiger partial charge in [-0.2, -0.15) is 0 Å². The Morgan fingerprint density at radius 1 is 0.962 bits per heavy atom. The minimum Gasteiger partial charge on any atom is -0.334 e. The van der Waals surface area contributed by atoms with Gasteiger partial charge in [0.25, 0.3) is 0 Å². The van der Waals surface area contributed by atoms with E-state index in [1.54, 1.807) is 12.1 Å². The molecule has 0 saturated heterocycles. The fourth-order valence-electron chi connectivity index (χ4n) is 3.23. The standard InChI is InChI=1S/C20H22FN3O2/c21-16-10-4-5-11-17(16)23-18(25)20(12-6-7-13-20)24-19(26)22-14-15-8-2-1-3-9-15/h1-5,8-11H,6-7,12-14H2,(H,23,25)(H2,22,24,26). The minimum atomic E-state index is -1.01. The molecule has 0 spiro atoms. The van der Waals surface area contributed by atoms with E-state index < -0.39 is 17.4 Å². The molecule has 1 saturated carbocycles. The van der Waals surface area contributed by atoms with Crippen molar-refractivity contribution in [3.8, 4) is 0 Å². The second-order valence-electron chi connectivity index (χ2n) is 6.52. The van der Waals surface area contributed by atoms with Gasteiger partial charge in [-0.1, -0.05) is 55.3 Å². The molecule has 3 amide bonds. The van der Waals surface area contributed by atoms with Crippen LogP contribution in [0.15, 0.2) is 54.6 Å². The molecule has 3 rings (SSSR count). The molecule has 1 fully saturated rings. The van der Waals surface area contributed by atoms with Crippen molar-refractivity contribution in [2.45, 2.75) is 37.8 Å². The van der Waals surface area contributed by atoms with E-state index >= 15 is 0 Å². The van der Waals surface area contributed by atoms with E-state index in [-0.39, 0.29) is 11.6 Å². The second-order valence-corrected chi connectivity index (χ2v) is 6.52. The minimum absolute atomic E-state index is 0.121. The van der Waals surface area contributed by atoms with E-state index in [1.165, 1.54) is 12.1 Å². The Balaban J connectivity index is 1.64. The molecule has 0 radical (unpaired) electrons. The molecule has 0 unspecified atom stereocenters. The van der Waals surface area contributed by atoms with Gasteiger partial charge in [-0.3, -0.25) is 4.79 Å². The molecule has 3 N–H and O–H groups in total. The highest BCUT2D eigenvalue weighted by atomic mass is 19.1. The summed E-state index contributed by atoms with van der Waals surface area (Å²) in [5.41, 5.74) is 0.0810. The van der Waals surface area contributed by atoms with Crippen molar-refractivity contribution in [3.05, 3.63) is 66.0 Å². The highest BCUT2D eigenvalue weighted by molar-refractivity contribution is 6.00. The smallest absolute Gasteiger partial charge is 0.315 e. The van der Waals surface area contributed by atoms with E-state index in [9.17, 15) is 14.0 Å². The third kappa shape index (κ3) is 4.20. The van der Waals surface area contributed by atoms with Gasteiger partial charge in [-0.25, -0.2) is 9.18 Å². The summed E-state index contributed by atoms with van der Waals surface area (Å²) >= 11 is 0. The van der Waals surface area contributed by atoms with Crippen LogP contribution in [-0.4, -0.2) is 17.5 Å². The number of nitrogens with one attached hydrogen (secondary N) is 3. The van der Waals surface area contributed by atoms with Crippen LogP contribution in [0.1, 0.15) is 31.2 Å². The van der Waals surface area contributed by atoms with Crippen LogP contribution in [0.4, 0.5) is 14.9 Å². The van der Waals surface area contributed by atoms with Gasteiger partial charge in [0.2, 0.25) is 5.91 Å². The molecule has 5 nitrogen and oxygen atoms in total. The zero-order valence-electron chi connectivity index (χ0n) is 14.4. The van der Waals surface area contributed by atoms with Crippen LogP contribution in [0.3, 0.4) is 0 Å². The number of rotatable bonds is 5. The molecule has 26 heavy (non-hydrogen) atoms. The third-order valence-electron chi connectivity index (χ3n) is 4.66. The molecule has 0 aliphatic heterocycles. The normalized spacial score (nSPS) is 15.3. The Morgan fingerprint density at radius 3 is 2.31 bits per heavy atom. The summed E-state index contributed by atoms with van der Waals surface area (Å²) in [6, 6.07) is 15.1. The predicted octanol–water partition coefficient (Wildman–Crippen LogP) is 3.58. The monoisotopic (exact) mass is 355 g/mol. The lowest BCUT2D eigenvalue weighted by atomic mass is 9.96. The highest BCUT2D eigenvalue weighted by Crippen LogP contribution is 2.31. The summed E-state index contributed by atoms with van der Waals surface area (Å²) in [4.78, 5) is 25.1. The summed E-state index contributed by atoms with van der Waals surface area (Å²) in [7, 11) is 0. The van der Waals surface area contributed by atoms with Gasteiger partial charge in [0.05, 0.1) is 5.69 Å². The Hall–Kier alpha value is -2.89. The van der Waals surface area contributed by atoms with Gasteiger partial charge in [-0.15, -0.1) is 0 Å². The van der Waals surface area contributed by atoms with Crippen LogP contribution in [0.2, 0.25) is 0 Å². The van der Waals surface area contributed by atoms with Gasteiger partial charge in [-0.05, 0) is 30.5 Å². The third-order valence-corrected chi connectivity index (χ3v) is 4.66. The SMILES string of the molecule is O=C(NCc1ccccc1)NC1(C(=O)Nc2ccccc2F)CCCC1. The molecular formula is C20H22FN3O2. The Kier molecular flexibility index (Phi) is 5.51. The van der Waals surface area contributed by atoms with E-state index in [0.29, 0.717) is 19.4 Å². The summed E-state index contributed by atoms with van der Waals surface area (Å²) in [5.74, 6) is -0.877. The number of urea groups is 1. The van der Waals surface area contributed by atoms with Gasteiger partial charge in [0.15, 0.2) is 0 Å². The van der Waals surface area contributed by atoms with Crippen molar-refractivity contribution in [2.24, 2.45) is 0 Å². The Bertz CT molecular complexity index is 774. The number of halogens is 1. The quantitative estimate of drug-likeness (QED) is 0.767. The van der Waals surface area contributed by atoms with Crippen molar-refractivity contribution in [2.75, 3.05) is 5.32 Å². The summed E-state index contributed by atoms with van der Waals surface area (Å²) in [6.45, 7) is 0.373. The average Bonchev–Trinajstić information content (AvgIpc) is 3.12. The number of amides is 3. The first-order chi connectivity index (χ1) is 12.6. The van der Waals surface area contributed by atoms with Crippen LogP contribution >= 0.6 is 0 Å². The fourth-order valence-corrected chi connectivity index (χ4v) is 3.23. The van der Waals surface area contributed by atoms with Gasteiger partial charge < -0.3 is 16.0 Å². The van der Waals surface area contributed by atoms with E-state index in [2.05, 4.69) is 16.0 Å². The predicted molar refractivity (Wildman–Crippen MR) is 98.0 cm³/mol. The molecule has 0 atom stereocenters. The van der Waals surface area contributed by atoms with E-state index in [1.807, 2.05) is 30.3 Å². The van der Waals surface area contributed by atoms with Crippen LogP contribution in [0, 0.1) is 5.82 Å². The van der Waals surface area contributed by atoms with Crippen LogP contribution in [0.5, 0.6) is 0 Å². The molecular weight excluding hydrogens is 333 g/mol. The number of carbonyl (C=O) groups excluding carboxylic acids is 2. The largest absolute Gasteiger partial charge is 0.334 e. The zero-order valence-corrected chi connectivity index (χ0v) is 14.4. The lowest BCUT2D eigenvalue weighted by Gasteiger charge is -2.29. The molecule has 1 aliphatic carbocycles. The maximum Gasteiger partial charge on any atom is 0.315 e. The molecule has 136 valence electrons. The molecule has 2 aromatic rings. The maximum absolute atomic E-state index is 13.8. The van der Waals surface area contributed by atoms with E-state index in [4.69, 9.17) is 0 Å². The van der Waals surface area contributed by atoms with Crippen molar-refractivity contribution in [3.63, 3.8) is 0 Å². The first kappa shape index (κ1) is 17.9. The Morgan fingerprint density at radius 2 is 1.62 bits per heavy atom. The van der Waals surface area contributed by atoms with Crippen LogP contribution in [-0.2, 0) is 11.3 Å². The van der Waals surface area contributed by atoms with Crippen LogP contribution in [0.25, 0.3) is 0 Å². The van der Waals surface area contributed by atoms with Crippen molar-refractivity contribution in [1.29, 1.82) is 0 Å². The topological polar surface area (TPSA) is 70.2 Å². The molecule has 0 aromatic heterocycles. The first-order valence-corrected chi connectivity index (χ1v) is 8.75. The van der Waals surface area contributed by atoms with Crippen molar-refractivity contribution in [1.82, 2.24) is 10.6 Å². The highest BCUT2D eigenvalue weighted by Gasteiger charge is 2.42. The molecule has 6 heteroatoms. The number of carbonyl (C=O) groups is 2. The summed E-state index contributed by atoms with van der Waals surface area (Å²) in [5, 5.41) is 8.21. The van der Waals surface area contributed by atoms with Gasteiger partial charge in [0.1, 0.15) is 11.4 Å². The van der Waals surface area contributed by atoms with E-state index in [0.717, 1.165) is 18.4 Å². The molecule has 0 heterocycles. The number of hydrogen-bond donors (Lipinski definition) is 3. The maximum atomic E-state index is 13.8. The molecule has 1 aliphatic rings. The number of benzene rings is 2. The number of para-hydroxylation sites is 1. The summed E-state index contributed by atoms with van der Waals surface area (Å²) in [6.07, 6.45) is 2.74. The fraction of sp³-hybridized carbons (Fsp3) is 0.300. The lowest BCUT2D eigenvalue weighted by molar-refractivity contribution is -0.121. The van der Waals surface area contributed by atoms with Crippen molar-refractivity contribution >= 4 is 17.6 Å². The van der Waals surface area contributed by atoms with Gasteiger partial charge in [0, 0.05) is 6.54 Å². The molecule has 2 aromatic carbocycles. The van der Waals surface area contributed by atoms with Gasteiger partial charge >= 0.3 is 6.03 Å². The number of anilines is 1. The number of hydrogen-bond acceptors (Lipinski definition) is 2. The summed E-state index contributed by atoms with van der Waals surface area (Å²) < 4.78 is 13.8.